The molecule has 1 fully saturated rings. The van der Waals surface area contributed by atoms with Gasteiger partial charge in [-0.25, -0.2) is 9.59 Å². The highest BCUT2D eigenvalue weighted by atomic mass is 35.5. The molecule has 0 radical (unpaired) electrons. The molecule has 32 heavy (non-hydrogen) atoms. The summed E-state index contributed by atoms with van der Waals surface area (Å²) < 4.78 is 11.0. The largest absolute Gasteiger partial charge is 0.465 e. The summed E-state index contributed by atoms with van der Waals surface area (Å²) in [6.07, 6.45) is -2.43. The normalized spacial score (nSPS) is 18.5. The van der Waals surface area contributed by atoms with Gasteiger partial charge in [0.05, 0.1) is 27.7 Å². The Morgan fingerprint density at radius 1 is 1.22 bits per heavy atom. The number of rotatable bonds is 5. The molecule has 2 atom stereocenters. The summed E-state index contributed by atoms with van der Waals surface area (Å²) in [4.78, 5) is 35.1. The molecule has 2 aromatic carbocycles. The first-order valence-electron chi connectivity index (χ1n) is 9.49. The van der Waals surface area contributed by atoms with Crippen LogP contribution in [0.5, 0.6) is 5.75 Å². The lowest BCUT2D eigenvalue weighted by Crippen LogP contribution is -2.40. The van der Waals surface area contributed by atoms with Crippen molar-refractivity contribution in [1.29, 1.82) is 0 Å². The van der Waals surface area contributed by atoms with Gasteiger partial charge >= 0.3 is 12.2 Å². The van der Waals surface area contributed by atoms with Crippen LogP contribution in [0.4, 0.5) is 15.3 Å². The molecular weight excluding hydrogens is 465 g/mol. The van der Waals surface area contributed by atoms with E-state index in [1.165, 1.54) is 29.2 Å². The van der Waals surface area contributed by atoms with Crippen molar-refractivity contribution in [3.05, 3.63) is 68.2 Å². The van der Waals surface area contributed by atoms with E-state index < -0.39 is 29.1 Å². The molecule has 0 bridgehead atoms. The lowest BCUT2D eigenvalue weighted by atomic mass is 9.92. The van der Waals surface area contributed by atoms with Crippen LogP contribution in [-0.2, 0) is 4.74 Å². The summed E-state index contributed by atoms with van der Waals surface area (Å²) in [5, 5.41) is 23.4. The molecular formula is C20H19Cl2N3O7. The van der Waals surface area contributed by atoms with E-state index >= 15 is 0 Å². The highest BCUT2D eigenvalue weighted by molar-refractivity contribution is 6.42. The first kappa shape index (κ1) is 23.6. The van der Waals surface area contributed by atoms with Crippen molar-refractivity contribution >= 4 is 41.1 Å². The quantitative estimate of drug-likeness (QED) is 0.482. The molecule has 2 N–H and O–H groups in total. The molecule has 2 amide bonds. The second-order valence-electron chi connectivity index (χ2n) is 6.94. The van der Waals surface area contributed by atoms with Crippen molar-refractivity contribution in [2.24, 2.45) is 0 Å². The van der Waals surface area contributed by atoms with E-state index in [1.54, 1.807) is 18.2 Å². The molecule has 0 aliphatic carbocycles. The minimum Gasteiger partial charge on any atom is -0.465 e. The SMILES string of the molecule is O=C(NC[C@H]1OCCN(C(=O)O)C[C@H]1c1ccc(Cl)c(Cl)c1)Oc1ccc([N+](=O)[O-])cc1. The second kappa shape index (κ2) is 10.5. The van der Waals surface area contributed by atoms with Gasteiger partial charge in [-0.2, -0.15) is 0 Å². The number of halogens is 2. The third-order valence-electron chi connectivity index (χ3n) is 4.91. The predicted octanol–water partition coefficient (Wildman–Crippen LogP) is 4.15. The lowest BCUT2D eigenvalue weighted by Gasteiger charge is -2.27. The Hall–Kier alpha value is -3.08. The number of ether oxygens (including phenoxy) is 2. The van der Waals surface area contributed by atoms with Crippen LogP contribution in [0.1, 0.15) is 11.5 Å². The van der Waals surface area contributed by atoms with E-state index in [0.717, 1.165) is 0 Å². The molecule has 12 heteroatoms. The van der Waals surface area contributed by atoms with Crippen LogP contribution in [0, 0.1) is 10.1 Å². The maximum atomic E-state index is 12.2. The van der Waals surface area contributed by atoms with Crippen molar-refractivity contribution in [3.63, 3.8) is 0 Å². The summed E-state index contributed by atoms with van der Waals surface area (Å²) in [5.41, 5.74) is 0.583. The Balaban J connectivity index is 1.70. The van der Waals surface area contributed by atoms with Crippen LogP contribution in [0.2, 0.25) is 10.0 Å². The fraction of sp³-hybridized carbons (Fsp3) is 0.300. The number of carboxylic acid groups (broad SMARTS) is 1. The number of carbonyl (C=O) groups is 2. The maximum absolute atomic E-state index is 12.2. The standard InChI is InChI=1S/C20H19Cl2N3O7/c21-16-6-1-12(9-17(16)22)15-11-24(20(27)28)7-8-31-18(15)10-23-19(26)32-14-4-2-13(3-5-14)25(29)30/h1-6,9,15,18H,7-8,10-11H2,(H,23,26)(H,27,28)/t15-,18+/m0/s1. The molecule has 2 aromatic rings. The molecule has 0 aromatic heterocycles. The zero-order valence-electron chi connectivity index (χ0n) is 16.6. The molecule has 3 rings (SSSR count). The zero-order chi connectivity index (χ0) is 23.3. The topological polar surface area (TPSA) is 131 Å². The average molecular weight is 484 g/mol. The van der Waals surface area contributed by atoms with Crippen molar-refractivity contribution in [2.75, 3.05) is 26.2 Å². The third-order valence-corrected chi connectivity index (χ3v) is 5.65. The first-order valence-corrected chi connectivity index (χ1v) is 10.2. The third kappa shape index (κ3) is 6.00. The summed E-state index contributed by atoms with van der Waals surface area (Å²) in [6.45, 7) is 0.492. The number of nitro benzene ring substituents is 1. The number of nitrogens with zero attached hydrogens (tertiary/aromatic N) is 2. The maximum Gasteiger partial charge on any atom is 0.412 e. The van der Waals surface area contributed by atoms with Crippen LogP contribution in [0.25, 0.3) is 0 Å². The lowest BCUT2D eigenvalue weighted by molar-refractivity contribution is -0.384. The van der Waals surface area contributed by atoms with Gasteiger partial charge in [-0.1, -0.05) is 29.3 Å². The molecule has 0 unspecified atom stereocenters. The fourth-order valence-electron chi connectivity index (χ4n) is 3.28. The molecule has 1 aliphatic heterocycles. The minimum atomic E-state index is -1.08. The van der Waals surface area contributed by atoms with Gasteiger partial charge < -0.3 is 24.8 Å². The number of non-ortho nitro benzene ring substituents is 1. The number of nitro groups is 1. The molecule has 170 valence electrons. The van der Waals surface area contributed by atoms with Gasteiger partial charge in [-0.15, -0.1) is 0 Å². The Morgan fingerprint density at radius 2 is 1.94 bits per heavy atom. The van der Waals surface area contributed by atoms with Gasteiger partial charge in [0, 0.05) is 37.7 Å². The van der Waals surface area contributed by atoms with Gasteiger partial charge in [-0.05, 0) is 29.8 Å². The average Bonchev–Trinajstić information content (AvgIpc) is 2.97. The van der Waals surface area contributed by atoms with E-state index in [0.29, 0.717) is 15.6 Å². The number of hydrogen-bond acceptors (Lipinski definition) is 6. The van der Waals surface area contributed by atoms with Crippen molar-refractivity contribution in [1.82, 2.24) is 10.2 Å². The van der Waals surface area contributed by atoms with Crippen LogP contribution in [0.3, 0.4) is 0 Å². The van der Waals surface area contributed by atoms with Crippen LogP contribution in [-0.4, -0.2) is 59.5 Å². The molecule has 1 heterocycles. The van der Waals surface area contributed by atoms with E-state index in [1.807, 2.05) is 0 Å². The van der Waals surface area contributed by atoms with Crippen LogP contribution in [0.15, 0.2) is 42.5 Å². The van der Waals surface area contributed by atoms with Gasteiger partial charge in [-0.3, -0.25) is 10.1 Å². The second-order valence-corrected chi connectivity index (χ2v) is 7.75. The summed E-state index contributed by atoms with van der Waals surface area (Å²) in [7, 11) is 0. The van der Waals surface area contributed by atoms with Crippen molar-refractivity contribution in [3.8, 4) is 5.75 Å². The Morgan fingerprint density at radius 3 is 2.56 bits per heavy atom. The smallest absolute Gasteiger partial charge is 0.412 e. The number of amides is 2. The van der Waals surface area contributed by atoms with Gasteiger partial charge in [0.25, 0.3) is 5.69 Å². The number of hydrogen-bond donors (Lipinski definition) is 2. The van der Waals surface area contributed by atoms with Gasteiger partial charge in [0.15, 0.2) is 0 Å². The summed E-state index contributed by atoms with van der Waals surface area (Å²) in [5.74, 6) is -0.295. The first-order chi connectivity index (χ1) is 15.2. The molecule has 1 aliphatic rings. The monoisotopic (exact) mass is 483 g/mol. The predicted molar refractivity (Wildman–Crippen MR) is 116 cm³/mol. The van der Waals surface area contributed by atoms with Gasteiger partial charge in [0.2, 0.25) is 0 Å². The highest BCUT2D eigenvalue weighted by Gasteiger charge is 2.32. The molecule has 0 saturated carbocycles. The van der Waals surface area contributed by atoms with Crippen LogP contribution < -0.4 is 10.1 Å². The summed E-state index contributed by atoms with van der Waals surface area (Å²) in [6, 6.07) is 10.0. The van der Waals surface area contributed by atoms with E-state index in [9.17, 15) is 24.8 Å². The summed E-state index contributed by atoms with van der Waals surface area (Å²) >= 11 is 12.1. The molecule has 10 nitrogen and oxygen atoms in total. The Kier molecular flexibility index (Phi) is 7.73. The zero-order valence-corrected chi connectivity index (χ0v) is 18.1. The van der Waals surface area contributed by atoms with E-state index in [4.69, 9.17) is 32.7 Å². The van der Waals surface area contributed by atoms with Crippen molar-refractivity contribution in [2.45, 2.75) is 12.0 Å². The fourth-order valence-corrected chi connectivity index (χ4v) is 3.58. The molecule has 0 spiro atoms. The Labute approximate surface area is 192 Å². The number of benzene rings is 2. The van der Waals surface area contributed by atoms with Crippen LogP contribution >= 0.6 is 23.2 Å². The minimum absolute atomic E-state index is 0.0319. The van der Waals surface area contributed by atoms with E-state index in [-0.39, 0.29) is 37.7 Å². The number of nitrogens with one attached hydrogen (secondary N) is 1. The highest BCUT2D eigenvalue weighted by Crippen LogP contribution is 2.31. The number of carbonyl (C=O) groups excluding carboxylic acids is 1. The molecule has 1 saturated heterocycles. The van der Waals surface area contributed by atoms with Crippen molar-refractivity contribution < 1.29 is 29.1 Å². The Bertz CT molecular complexity index is 1000. The van der Waals surface area contributed by atoms with Gasteiger partial charge in [0.1, 0.15) is 5.75 Å². The van der Waals surface area contributed by atoms with E-state index in [2.05, 4.69) is 5.32 Å².